The molecule has 1 aliphatic rings. The Labute approximate surface area is 145 Å². The van der Waals surface area contributed by atoms with Crippen LogP contribution in [0.4, 0.5) is 0 Å². The van der Waals surface area contributed by atoms with Crippen LogP contribution >= 0.6 is 0 Å². The zero-order valence-corrected chi connectivity index (χ0v) is 15.6. The van der Waals surface area contributed by atoms with Gasteiger partial charge in [0.05, 0.1) is 11.8 Å². The first kappa shape index (κ1) is 18.9. The molecule has 1 saturated heterocycles. The number of nitrogens with one attached hydrogen (secondary N) is 1. The maximum absolute atomic E-state index is 12.6. The average molecular weight is 353 g/mol. The van der Waals surface area contributed by atoms with Crippen molar-refractivity contribution in [2.45, 2.75) is 46.1 Å². The summed E-state index contributed by atoms with van der Waals surface area (Å²) in [5.41, 5.74) is 2.33. The highest BCUT2D eigenvalue weighted by molar-refractivity contribution is 7.89. The first-order valence-corrected chi connectivity index (χ1v) is 10.3. The van der Waals surface area contributed by atoms with Crippen molar-refractivity contribution in [2.24, 2.45) is 5.92 Å². The van der Waals surface area contributed by atoms with Crippen LogP contribution in [0.2, 0.25) is 0 Å². The molecule has 0 aliphatic carbocycles. The van der Waals surface area contributed by atoms with E-state index in [1.54, 1.807) is 6.92 Å². The maximum Gasteiger partial charge on any atom is 0.223 e. The number of hydrogen-bond donors (Lipinski definition) is 1. The van der Waals surface area contributed by atoms with Crippen molar-refractivity contribution in [1.82, 2.24) is 9.62 Å². The van der Waals surface area contributed by atoms with Gasteiger partial charge in [-0.25, -0.2) is 12.7 Å². The second kappa shape index (κ2) is 8.12. The van der Waals surface area contributed by atoms with E-state index >= 15 is 0 Å². The van der Waals surface area contributed by atoms with Gasteiger partial charge >= 0.3 is 0 Å². The Morgan fingerprint density at radius 1 is 1.25 bits per heavy atom. The summed E-state index contributed by atoms with van der Waals surface area (Å²) < 4.78 is 25.3. The van der Waals surface area contributed by atoms with Crippen LogP contribution in [0, 0.1) is 12.8 Å². The molecule has 0 spiro atoms. The Morgan fingerprint density at radius 3 is 2.42 bits per heavy atom. The number of carbonyl (C=O) groups excluding carboxylic acids is 1. The standard InChI is InChI=1S/C18H28N2O3S/c1-4-17(16-9-7-6-8-14(16)3)19-18(21)15-10-12-20(13-11-15)24(22,23)5-2/h6-9,15,17H,4-5,10-13H2,1-3H3,(H,19,21). The molecule has 1 amide bonds. The fourth-order valence-electron chi connectivity index (χ4n) is 3.25. The second-order valence-electron chi connectivity index (χ2n) is 6.40. The molecule has 0 radical (unpaired) electrons. The van der Waals surface area contributed by atoms with Gasteiger partial charge in [-0.05, 0) is 44.2 Å². The molecule has 0 aromatic heterocycles. The SMILES string of the molecule is CCC(NC(=O)C1CCN(S(=O)(=O)CC)CC1)c1ccccc1C. The second-order valence-corrected chi connectivity index (χ2v) is 8.66. The molecule has 1 atom stereocenters. The summed E-state index contributed by atoms with van der Waals surface area (Å²) in [5, 5.41) is 3.15. The Bertz CT molecular complexity index is 665. The summed E-state index contributed by atoms with van der Waals surface area (Å²) in [4.78, 5) is 12.6. The number of aryl methyl sites for hydroxylation is 1. The number of sulfonamides is 1. The Balaban J connectivity index is 1.97. The summed E-state index contributed by atoms with van der Waals surface area (Å²) in [6.45, 7) is 6.65. The van der Waals surface area contributed by atoms with Gasteiger partial charge in [0.2, 0.25) is 15.9 Å². The van der Waals surface area contributed by atoms with Gasteiger partial charge in [0, 0.05) is 19.0 Å². The Kier molecular flexibility index (Phi) is 6.40. The Morgan fingerprint density at radius 2 is 1.88 bits per heavy atom. The van der Waals surface area contributed by atoms with E-state index in [-0.39, 0.29) is 23.6 Å². The molecule has 0 saturated carbocycles. The fourth-order valence-corrected chi connectivity index (χ4v) is 4.38. The summed E-state index contributed by atoms with van der Waals surface area (Å²) >= 11 is 0. The molecule has 1 unspecified atom stereocenters. The fraction of sp³-hybridized carbons (Fsp3) is 0.611. The quantitative estimate of drug-likeness (QED) is 0.856. The predicted octanol–water partition coefficient (Wildman–Crippen LogP) is 2.62. The van der Waals surface area contributed by atoms with Crippen molar-refractivity contribution < 1.29 is 13.2 Å². The summed E-state index contributed by atoms with van der Waals surface area (Å²) in [5.74, 6) is 0.0553. The summed E-state index contributed by atoms with van der Waals surface area (Å²) in [7, 11) is -3.15. The van der Waals surface area contributed by atoms with Crippen molar-refractivity contribution in [2.75, 3.05) is 18.8 Å². The molecular formula is C18H28N2O3S. The third-order valence-electron chi connectivity index (χ3n) is 4.87. The van der Waals surface area contributed by atoms with E-state index in [0.717, 1.165) is 12.0 Å². The molecule has 1 N–H and O–H groups in total. The Hall–Kier alpha value is -1.40. The monoisotopic (exact) mass is 352 g/mol. The van der Waals surface area contributed by atoms with Crippen LogP contribution in [0.25, 0.3) is 0 Å². The lowest BCUT2D eigenvalue weighted by molar-refractivity contribution is -0.126. The third-order valence-corrected chi connectivity index (χ3v) is 6.75. The highest BCUT2D eigenvalue weighted by Gasteiger charge is 2.31. The number of benzene rings is 1. The van der Waals surface area contributed by atoms with Crippen LogP contribution in [0.15, 0.2) is 24.3 Å². The lowest BCUT2D eigenvalue weighted by atomic mass is 9.94. The molecular weight excluding hydrogens is 324 g/mol. The number of amides is 1. The van der Waals surface area contributed by atoms with Crippen molar-refractivity contribution in [1.29, 1.82) is 0 Å². The summed E-state index contributed by atoms with van der Waals surface area (Å²) in [6, 6.07) is 8.11. The van der Waals surface area contributed by atoms with Crippen molar-refractivity contribution in [3.8, 4) is 0 Å². The number of hydrogen-bond acceptors (Lipinski definition) is 3. The number of rotatable bonds is 6. The molecule has 1 aromatic rings. The van der Waals surface area contributed by atoms with Crippen molar-refractivity contribution in [3.05, 3.63) is 35.4 Å². The van der Waals surface area contributed by atoms with Gasteiger partial charge in [0.25, 0.3) is 0 Å². The molecule has 134 valence electrons. The third kappa shape index (κ3) is 4.36. The van der Waals surface area contributed by atoms with Crippen molar-refractivity contribution >= 4 is 15.9 Å². The van der Waals surface area contributed by atoms with Gasteiger partial charge in [-0.15, -0.1) is 0 Å². The van der Waals surface area contributed by atoms with Gasteiger partial charge in [-0.2, -0.15) is 0 Å². The molecule has 1 fully saturated rings. The molecule has 1 aromatic carbocycles. The van der Waals surface area contributed by atoms with Gasteiger partial charge in [0.15, 0.2) is 0 Å². The normalized spacial score (nSPS) is 18.3. The van der Waals surface area contributed by atoms with Gasteiger partial charge in [-0.3, -0.25) is 4.79 Å². The first-order chi connectivity index (χ1) is 11.4. The van der Waals surface area contributed by atoms with Gasteiger partial charge < -0.3 is 5.32 Å². The van der Waals surface area contributed by atoms with E-state index in [1.165, 1.54) is 9.87 Å². The molecule has 1 aliphatic heterocycles. The minimum Gasteiger partial charge on any atom is -0.349 e. The zero-order chi connectivity index (χ0) is 17.7. The van der Waals surface area contributed by atoms with Gasteiger partial charge in [-0.1, -0.05) is 31.2 Å². The van der Waals surface area contributed by atoms with Crippen LogP contribution in [0.1, 0.15) is 50.3 Å². The van der Waals surface area contributed by atoms with Crippen LogP contribution < -0.4 is 5.32 Å². The minimum atomic E-state index is -3.15. The first-order valence-electron chi connectivity index (χ1n) is 8.72. The van der Waals surface area contributed by atoms with Crippen LogP contribution in [0.5, 0.6) is 0 Å². The highest BCUT2D eigenvalue weighted by Crippen LogP contribution is 2.24. The lowest BCUT2D eigenvalue weighted by Gasteiger charge is -2.31. The van der Waals surface area contributed by atoms with Crippen LogP contribution in [0.3, 0.4) is 0 Å². The van der Waals surface area contributed by atoms with E-state index in [4.69, 9.17) is 0 Å². The van der Waals surface area contributed by atoms with Crippen LogP contribution in [-0.2, 0) is 14.8 Å². The number of carbonyl (C=O) groups is 1. The highest BCUT2D eigenvalue weighted by atomic mass is 32.2. The van der Waals surface area contributed by atoms with E-state index < -0.39 is 10.0 Å². The summed E-state index contributed by atoms with van der Waals surface area (Å²) in [6.07, 6.45) is 2.02. The van der Waals surface area contributed by atoms with Crippen molar-refractivity contribution in [3.63, 3.8) is 0 Å². The van der Waals surface area contributed by atoms with E-state index in [1.807, 2.05) is 12.1 Å². The number of piperidine rings is 1. The largest absolute Gasteiger partial charge is 0.349 e. The van der Waals surface area contributed by atoms with E-state index in [0.29, 0.717) is 25.9 Å². The topological polar surface area (TPSA) is 66.5 Å². The molecule has 5 nitrogen and oxygen atoms in total. The maximum atomic E-state index is 12.6. The molecule has 0 bridgehead atoms. The van der Waals surface area contributed by atoms with E-state index in [2.05, 4.69) is 31.3 Å². The molecule has 24 heavy (non-hydrogen) atoms. The number of nitrogens with zero attached hydrogens (tertiary/aromatic N) is 1. The molecule has 6 heteroatoms. The predicted molar refractivity (Wildman–Crippen MR) is 96.1 cm³/mol. The lowest BCUT2D eigenvalue weighted by Crippen LogP contribution is -2.44. The van der Waals surface area contributed by atoms with Crippen LogP contribution in [-0.4, -0.2) is 37.5 Å². The zero-order valence-electron chi connectivity index (χ0n) is 14.8. The molecule has 1 heterocycles. The van der Waals surface area contributed by atoms with E-state index in [9.17, 15) is 13.2 Å². The smallest absolute Gasteiger partial charge is 0.223 e. The molecule has 2 rings (SSSR count). The van der Waals surface area contributed by atoms with Gasteiger partial charge in [0.1, 0.15) is 0 Å². The minimum absolute atomic E-state index is 0.0103. The average Bonchev–Trinajstić information content (AvgIpc) is 2.60.